The van der Waals surface area contributed by atoms with E-state index in [9.17, 15) is 0 Å². The Balaban J connectivity index is 0.000000178. The molecule has 4 aliphatic rings. The van der Waals surface area contributed by atoms with Crippen LogP contribution in [0.3, 0.4) is 0 Å². The van der Waals surface area contributed by atoms with Gasteiger partial charge in [-0.05, 0) is 21.1 Å². The van der Waals surface area contributed by atoms with Crippen molar-refractivity contribution in [1.82, 2.24) is 24.5 Å². The number of likely N-dealkylation sites (N-methyl/N-ethyl adjacent to an activating group) is 3. The first-order valence-corrected chi connectivity index (χ1v) is 12.5. The average molecular weight is 476 g/mol. The van der Waals surface area contributed by atoms with Crippen LogP contribution in [0, 0.1) is 5.92 Å². The van der Waals surface area contributed by atoms with E-state index in [0.29, 0.717) is 0 Å². The minimum absolute atomic E-state index is 0.0309. The molecule has 1 unspecified atom stereocenters. The summed E-state index contributed by atoms with van der Waals surface area (Å²) in [5.41, 5.74) is 0. The summed E-state index contributed by atoms with van der Waals surface area (Å²) in [7, 11) is 6.34. The Hall–Kier alpha value is -0.400. The van der Waals surface area contributed by atoms with Gasteiger partial charge in [0.2, 0.25) is 0 Å². The molecule has 3 N–H and O–H groups in total. The predicted octanol–water partition coefficient (Wildman–Crippen LogP) is -2.22. The van der Waals surface area contributed by atoms with Crippen LogP contribution in [0.1, 0.15) is 0 Å². The summed E-state index contributed by atoms with van der Waals surface area (Å²) in [5.74, 6) is 0.0309. The van der Waals surface area contributed by atoms with Crippen molar-refractivity contribution in [1.29, 1.82) is 0 Å². The third-order valence-corrected chi connectivity index (χ3v) is 6.85. The van der Waals surface area contributed by atoms with Gasteiger partial charge in [0.15, 0.2) is 0 Å². The zero-order chi connectivity index (χ0) is 24.1. The molecule has 0 bridgehead atoms. The zero-order valence-electron chi connectivity index (χ0n) is 21.1. The molecule has 0 saturated carbocycles. The van der Waals surface area contributed by atoms with Crippen LogP contribution in [0.15, 0.2) is 0 Å². The van der Waals surface area contributed by atoms with Gasteiger partial charge in [-0.2, -0.15) is 0 Å². The van der Waals surface area contributed by atoms with Gasteiger partial charge in [0.05, 0.1) is 38.6 Å². The van der Waals surface area contributed by atoms with Crippen LogP contribution >= 0.6 is 0 Å². The van der Waals surface area contributed by atoms with Gasteiger partial charge in [-0.15, -0.1) is 0 Å². The lowest BCUT2D eigenvalue weighted by molar-refractivity contribution is -0.0752. The molecular weight excluding hydrogens is 426 g/mol. The molecule has 4 heterocycles. The number of morpholine rings is 1. The summed E-state index contributed by atoms with van der Waals surface area (Å²) in [5, 5.41) is 26.5. The third-order valence-electron chi connectivity index (χ3n) is 6.85. The number of nitrogens with zero attached hydrogens (tertiary/aromatic N) is 5. The van der Waals surface area contributed by atoms with E-state index in [1.807, 2.05) is 7.05 Å². The van der Waals surface area contributed by atoms with E-state index in [2.05, 4.69) is 38.6 Å². The molecule has 0 aromatic heterocycles. The van der Waals surface area contributed by atoms with E-state index in [-0.39, 0.29) is 31.8 Å². The summed E-state index contributed by atoms with van der Waals surface area (Å²) < 4.78 is 10.4. The summed E-state index contributed by atoms with van der Waals surface area (Å²) in [6.45, 7) is 14.8. The molecule has 10 heteroatoms. The van der Waals surface area contributed by atoms with Crippen molar-refractivity contribution in [3.63, 3.8) is 0 Å². The molecule has 33 heavy (non-hydrogen) atoms. The number of piperazine rings is 2. The van der Waals surface area contributed by atoms with Crippen molar-refractivity contribution in [3.8, 4) is 0 Å². The van der Waals surface area contributed by atoms with Crippen molar-refractivity contribution in [3.05, 3.63) is 0 Å². The van der Waals surface area contributed by atoms with Crippen LogP contribution in [-0.4, -0.2) is 185 Å². The minimum atomic E-state index is 0.0309. The van der Waals surface area contributed by atoms with Crippen molar-refractivity contribution in [2.24, 2.45) is 5.92 Å². The van der Waals surface area contributed by atoms with Gasteiger partial charge in [-0.25, -0.2) is 0 Å². The van der Waals surface area contributed by atoms with E-state index < -0.39 is 0 Å². The predicted molar refractivity (Wildman–Crippen MR) is 130 cm³/mol. The number of hydrogen-bond acceptors (Lipinski definition) is 10. The highest BCUT2D eigenvalue weighted by atomic mass is 16.5. The second-order valence-corrected chi connectivity index (χ2v) is 9.80. The maximum Gasteiger partial charge on any atom is 0.0932 e. The highest BCUT2D eigenvalue weighted by molar-refractivity contribution is 4.81. The van der Waals surface area contributed by atoms with Crippen molar-refractivity contribution >= 4 is 0 Å². The van der Waals surface area contributed by atoms with Crippen LogP contribution < -0.4 is 0 Å². The van der Waals surface area contributed by atoms with E-state index in [4.69, 9.17) is 24.8 Å². The molecule has 4 rings (SSSR count). The fourth-order valence-electron chi connectivity index (χ4n) is 4.17. The Bertz CT molecular complexity index is 482. The number of hydrogen-bond donors (Lipinski definition) is 3. The molecule has 10 nitrogen and oxygen atoms in total. The topological polar surface area (TPSA) is 95.4 Å². The summed E-state index contributed by atoms with van der Waals surface area (Å²) >= 11 is 0. The summed E-state index contributed by atoms with van der Waals surface area (Å²) in [4.78, 5) is 11.7. The van der Waals surface area contributed by atoms with Crippen LogP contribution in [0.2, 0.25) is 0 Å². The SMILES string of the molecule is CN1CCN(C2COC2)CC1.CN1CCN(CC(CO)CO)CC1.CN1CCOC(CO)C1. The molecular formula is C23H49N5O5. The maximum atomic E-state index is 8.91. The van der Waals surface area contributed by atoms with Gasteiger partial charge in [0, 0.05) is 91.1 Å². The Morgan fingerprint density at radius 1 is 0.758 bits per heavy atom. The third kappa shape index (κ3) is 11.3. The van der Waals surface area contributed by atoms with Gasteiger partial charge in [0.25, 0.3) is 0 Å². The molecule has 196 valence electrons. The van der Waals surface area contributed by atoms with Gasteiger partial charge in [-0.1, -0.05) is 0 Å². The normalized spacial score (nSPS) is 26.8. The van der Waals surface area contributed by atoms with Crippen LogP contribution in [0.4, 0.5) is 0 Å². The molecule has 0 aromatic rings. The maximum absolute atomic E-state index is 8.91. The fraction of sp³-hybridized carbons (Fsp3) is 1.00. The molecule has 0 radical (unpaired) electrons. The standard InChI is InChI=1S/C9H20N2O2.C8H16N2O.C6H13NO2/c1-10-2-4-11(5-3-10)6-9(7-12)8-13;1-9-2-4-10(5-3-9)8-6-11-7-8;1-7-2-3-9-6(4-7)5-8/h9,12-13H,2-8H2,1H3;8H,2-7H2,1H3;6,8H,2-5H2,1H3. The second kappa shape index (κ2) is 16.3. The highest BCUT2D eigenvalue weighted by Gasteiger charge is 2.27. The number of aliphatic hydroxyl groups is 3. The van der Waals surface area contributed by atoms with Crippen molar-refractivity contribution < 1.29 is 24.8 Å². The van der Waals surface area contributed by atoms with E-state index in [1.54, 1.807) is 0 Å². The van der Waals surface area contributed by atoms with Crippen LogP contribution in [-0.2, 0) is 9.47 Å². The molecule has 0 amide bonds. The molecule has 0 spiro atoms. The van der Waals surface area contributed by atoms with Crippen molar-refractivity contribution in [2.75, 3.05) is 133 Å². The van der Waals surface area contributed by atoms with E-state index in [0.717, 1.165) is 71.7 Å². The molecule has 4 aliphatic heterocycles. The molecule has 1 atom stereocenters. The smallest absolute Gasteiger partial charge is 0.0932 e. The van der Waals surface area contributed by atoms with Gasteiger partial charge in [-0.3, -0.25) is 4.90 Å². The zero-order valence-corrected chi connectivity index (χ0v) is 21.1. The monoisotopic (exact) mass is 475 g/mol. The largest absolute Gasteiger partial charge is 0.396 e. The number of ether oxygens (including phenoxy) is 2. The van der Waals surface area contributed by atoms with Gasteiger partial charge in [0.1, 0.15) is 0 Å². The number of aliphatic hydroxyl groups excluding tert-OH is 3. The van der Waals surface area contributed by atoms with Crippen LogP contribution in [0.25, 0.3) is 0 Å². The molecule has 4 saturated heterocycles. The van der Waals surface area contributed by atoms with Gasteiger partial charge >= 0.3 is 0 Å². The Morgan fingerprint density at radius 3 is 1.76 bits per heavy atom. The second-order valence-electron chi connectivity index (χ2n) is 9.80. The molecule has 4 fully saturated rings. The number of rotatable bonds is 6. The summed E-state index contributed by atoms with van der Waals surface area (Å²) in [6.07, 6.45) is 0.0451. The minimum Gasteiger partial charge on any atom is -0.396 e. The Labute approximate surface area is 200 Å². The van der Waals surface area contributed by atoms with Gasteiger partial charge < -0.3 is 44.4 Å². The lowest BCUT2D eigenvalue weighted by Gasteiger charge is -2.41. The molecule has 0 aliphatic carbocycles. The first-order chi connectivity index (χ1) is 15.9. The Morgan fingerprint density at radius 2 is 1.33 bits per heavy atom. The highest BCUT2D eigenvalue weighted by Crippen LogP contribution is 2.12. The van der Waals surface area contributed by atoms with E-state index >= 15 is 0 Å². The summed E-state index contributed by atoms with van der Waals surface area (Å²) in [6, 6.07) is 0.740. The first kappa shape index (κ1) is 28.8. The van der Waals surface area contributed by atoms with E-state index in [1.165, 1.54) is 26.2 Å². The Kier molecular flexibility index (Phi) is 14.2. The quantitative estimate of drug-likeness (QED) is 0.392. The van der Waals surface area contributed by atoms with Crippen LogP contribution in [0.5, 0.6) is 0 Å². The fourth-order valence-corrected chi connectivity index (χ4v) is 4.17. The lowest BCUT2D eigenvalue weighted by Crippen LogP contribution is -2.55. The molecule has 0 aromatic carbocycles. The lowest BCUT2D eigenvalue weighted by atomic mass is 10.1. The van der Waals surface area contributed by atoms with Crippen molar-refractivity contribution in [2.45, 2.75) is 12.1 Å². The average Bonchev–Trinajstić information content (AvgIpc) is 2.80. The first-order valence-electron chi connectivity index (χ1n) is 12.5.